The molecule has 0 aliphatic carbocycles. The number of carbonyl (C=O) groups is 1. The molecule has 2 atom stereocenters. The van der Waals surface area contributed by atoms with Crippen LogP contribution in [0.5, 0.6) is 0 Å². The first kappa shape index (κ1) is 12.5. The molecule has 4 nitrogen and oxygen atoms in total. The van der Waals surface area contributed by atoms with Gasteiger partial charge in [0.05, 0.1) is 0 Å². The number of likely N-dealkylation sites (tertiary alicyclic amines) is 1. The lowest BCUT2D eigenvalue weighted by atomic mass is 9.95. The number of nitrogens with two attached hydrogens (primary N) is 1. The van der Waals surface area contributed by atoms with E-state index in [1.807, 2.05) is 0 Å². The molecule has 0 aromatic heterocycles. The molecule has 1 aliphatic rings. The zero-order chi connectivity index (χ0) is 11.4. The molecule has 0 saturated carbocycles. The second-order valence-electron chi connectivity index (χ2n) is 4.91. The van der Waals surface area contributed by atoms with Gasteiger partial charge in [0.2, 0.25) is 5.91 Å². The summed E-state index contributed by atoms with van der Waals surface area (Å²) in [6.07, 6.45) is 1.76. The summed E-state index contributed by atoms with van der Waals surface area (Å²) in [4.78, 5) is 13.5. The molecule has 1 rings (SSSR count). The van der Waals surface area contributed by atoms with Gasteiger partial charge in [0.15, 0.2) is 0 Å². The van der Waals surface area contributed by atoms with E-state index in [0.29, 0.717) is 12.5 Å². The van der Waals surface area contributed by atoms with Crippen LogP contribution >= 0.6 is 0 Å². The van der Waals surface area contributed by atoms with E-state index >= 15 is 0 Å². The average molecular weight is 213 g/mol. The third-order valence-corrected chi connectivity index (χ3v) is 3.46. The summed E-state index contributed by atoms with van der Waals surface area (Å²) in [7, 11) is 0. The zero-order valence-electron chi connectivity index (χ0n) is 9.99. The molecule has 0 aromatic rings. The Morgan fingerprint density at radius 1 is 1.53 bits per heavy atom. The van der Waals surface area contributed by atoms with Crippen LogP contribution in [-0.4, -0.2) is 29.9 Å². The van der Waals surface area contributed by atoms with Crippen molar-refractivity contribution in [3.63, 3.8) is 0 Å². The Bertz CT molecular complexity index is 218. The predicted octanol–water partition coefficient (Wildman–Crippen LogP) is 0.733. The summed E-state index contributed by atoms with van der Waals surface area (Å²) in [6.45, 7) is 8.87. The van der Waals surface area contributed by atoms with Gasteiger partial charge in [-0.3, -0.25) is 15.1 Å². The Hall–Kier alpha value is -0.610. The molecule has 4 heteroatoms. The largest absolute Gasteiger partial charge is 0.300 e. The third kappa shape index (κ3) is 3.47. The minimum absolute atomic E-state index is 0.0736. The topological polar surface area (TPSA) is 58.4 Å². The first-order chi connectivity index (χ1) is 7.04. The van der Waals surface area contributed by atoms with Crippen molar-refractivity contribution in [3.05, 3.63) is 0 Å². The van der Waals surface area contributed by atoms with Crippen molar-refractivity contribution in [3.8, 4) is 0 Å². The highest BCUT2D eigenvalue weighted by atomic mass is 16.2. The standard InChI is InChI=1S/C11H23N3O/c1-8(2)10-4-5-14(7-10)9(3)6-11(15)13-12/h8-10H,4-7,12H2,1-3H3,(H,13,15). The van der Waals surface area contributed by atoms with E-state index in [-0.39, 0.29) is 5.91 Å². The van der Waals surface area contributed by atoms with Crippen LogP contribution in [0.15, 0.2) is 0 Å². The van der Waals surface area contributed by atoms with Crippen molar-refractivity contribution in [1.29, 1.82) is 0 Å². The second kappa shape index (κ2) is 5.47. The number of hydrazine groups is 1. The number of rotatable bonds is 4. The van der Waals surface area contributed by atoms with Gasteiger partial charge in [-0.05, 0) is 31.7 Å². The summed E-state index contributed by atoms with van der Waals surface area (Å²) in [5.74, 6) is 6.53. The van der Waals surface area contributed by atoms with Gasteiger partial charge in [0, 0.05) is 19.0 Å². The normalized spacial score (nSPS) is 24.5. The van der Waals surface area contributed by atoms with Gasteiger partial charge in [-0.2, -0.15) is 0 Å². The minimum atomic E-state index is -0.0736. The number of nitrogens with zero attached hydrogens (tertiary/aromatic N) is 1. The summed E-state index contributed by atoms with van der Waals surface area (Å²) in [5.41, 5.74) is 2.19. The molecule has 1 heterocycles. The molecule has 0 bridgehead atoms. The van der Waals surface area contributed by atoms with Gasteiger partial charge in [-0.1, -0.05) is 13.8 Å². The smallest absolute Gasteiger partial charge is 0.235 e. The molecular formula is C11H23N3O. The highest BCUT2D eigenvalue weighted by molar-refractivity contribution is 5.75. The van der Waals surface area contributed by atoms with Gasteiger partial charge < -0.3 is 0 Å². The molecule has 1 saturated heterocycles. The van der Waals surface area contributed by atoms with Gasteiger partial charge in [0.25, 0.3) is 0 Å². The Morgan fingerprint density at radius 3 is 2.67 bits per heavy atom. The van der Waals surface area contributed by atoms with Crippen molar-refractivity contribution in [2.45, 2.75) is 39.7 Å². The van der Waals surface area contributed by atoms with Crippen LogP contribution in [0, 0.1) is 11.8 Å². The highest BCUT2D eigenvalue weighted by Crippen LogP contribution is 2.25. The molecule has 1 fully saturated rings. The first-order valence-electron chi connectivity index (χ1n) is 5.78. The van der Waals surface area contributed by atoms with Crippen molar-refractivity contribution >= 4 is 5.91 Å². The number of amides is 1. The fraction of sp³-hybridized carbons (Fsp3) is 0.909. The number of hydrogen-bond acceptors (Lipinski definition) is 3. The van der Waals surface area contributed by atoms with Crippen LogP contribution in [0.1, 0.15) is 33.6 Å². The van der Waals surface area contributed by atoms with E-state index < -0.39 is 0 Å². The Balaban J connectivity index is 2.36. The van der Waals surface area contributed by atoms with Crippen molar-refractivity contribution < 1.29 is 4.79 Å². The van der Waals surface area contributed by atoms with E-state index in [4.69, 9.17) is 5.84 Å². The lowest BCUT2D eigenvalue weighted by Gasteiger charge is -2.24. The van der Waals surface area contributed by atoms with Crippen LogP contribution in [0.3, 0.4) is 0 Å². The maximum absolute atomic E-state index is 11.1. The fourth-order valence-electron chi connectivity index (χ4n) is 2.22. The third-order valence-electron chi connectivity index (χ3n) is 3.46. The molecule has 0 spiro atoms. The lowest BCUT2D eigenvalue weighted by Crippen LogP contribution is -2.38. The molecule has 3 N–H and O–H groups in total. The van der Waals surface area contributed by atoms with Gasteiger partial charge in [-0.15, -0.1) is 0 Å². The monoisotopic (exact) mass is 213 g/mol. The number of hydrogen-bond donors (Lipinski definition) is 2. The molecular weight excluding hydrogens is 190 g/mol. The fourth-order valence-corrected chi connectivity index (χ4v) is 2.22. The summed E-state index contributed by atoms with van der Waals surface area (Å²) in [5, 5.41) is 0. The zero-order valence-corrected chi connectivity index (χ0v) is 9.99. The molecule has 1 amide bonds. The van der Waals surface area contributed by atoms with Crippen LogP contribution in [0.2, 0.25) is 0 Å². The highest BCUT2D eigenvalue weighted by Gasteiger charge is 2.28. The van der Waals surface area contributed by atoms with Crippen molar-refractivity contribution in [2.24, 2.45) is 17.7 Å². The summed E-state index contributed by atoms with van der Waals surface area (Å²) < 4.78 is 0. The summed E-state index contributed by atoms with van der Waals surface area (Å²) >= 11 is 0. The Morgan fingerprint density at radius 2 is 2.20 bits per heavy atom. The van der Waals surface area contributed by atoms with Crippen molar-refractivity contribution in [2.75, 3.05) is 13.1 Å². The van der Waals surface area contributed by atoms with Crippen LogP contribution < -0.4 is 11.3 Å². The molecule has 88 valence electrons. The number of nitrogens with one attached hydrogen (secondary N) is 1. The molecule has 0 radical (unpaired) electrons. The first-order valence-corrected chi connectivity index (χ1v) is 5.78. The van der Waals surface area contributed by atoms with Gasteiger partial charge in [0.1, 0.15) is 0 Å². The van der Waals surface area contributed by atoms with Crippen LogP contribution in [0.4, 0.5) is 0 Å². The Kier molecular flexibility index (Phi) is 4.54. The molecule has 2 unspecified atom stereocenters. The minimum Gasteiger partial charge on any atom is -0.300 e. The van der Waals surface area contributed by atoms with Crippen LogP contribution in [0.25, 0.3) is 0 Å². The van der Waals surface area contributed by atoms with E-state index in [1.54, 1.807) is 0 Å². The Labute approximate surface area is 92.2 Å². The van der Waals surface area contributed by atoms with E-state index in [2.05, 4.69) is 31.1 Å². The SMILES string of the molecule is CC(C)C1CCN(C(C)CC(=O)NN)C1. The molecule has 0 aromatic carbocycles. The van der Waals surface area contributed by atoms with E-state index in [1.165, 1.54) is 6.42 Å². The second-order valence-corrected chi connectivity index (χ2v) is 4.91. The van der Waals surface area contributed by atoms with Gasteiger partial charge in [-0.25, -0.2) is 5.84 Å². The molecule has 15 heavy (non-hydrogen) atoms. The maximum atomic E-state index is 11.1. The quantitative estimate of drug-likeness (QED) is 0.411. The maximum Gasteiger partial charge on any atom is 0.235 e. The van der Waals surface area contributed by atoms with Crippen molar-refractivity contribution in [1.82, 2.24) is 10.3 Å². The van der Waals surface area contributed by atoms with Gasteiger partial charge >= 0.3 is 0 Å². The number of carbonyl (C=O) groups excluding carboxylic acids is 1. The predicted molar refractivity (Wildman–Crippen MR) is 60.9 cm³/mol. The van der Waals surface area contributed by atoms with E-state index in [9.17, 15) is 4.79 Å². The average Bonchev–Trinajstić information content (AvgIpc) is 2.66. The van der Waals surface area contributed by atoms with E-state index in [0.717, 1.165) is 24.9 Å². The summed E-state index contributed by atoms with van der Waals surface area (Å²) in [6, 6.07) is 0.303. The molecule has 1 aliphatic heterocycles. The lowest BCUT2D eigenvalue weighted by molar-refractivity contribution is -0.122. The van der Waals surface area contributed by atoms with Crippen LogP contribution in [-0.2, 0) is 4.79 Å².